The van der Waals surface area contributed by atoms with Gasteiger partial charge < -0.3 is 14.4 Å². The predicted molar refractivity (Wildman–Crippen MR) is 89.6 cm³/mol. The molecule has 0 saturated carbocycles. The van der Waals surface area contributed by atoms with Gasteiger partial charge in [0.2, 0.25) is 5.91 Å². The Kier molecular flexibility index (Phi) is 5.13. The van der Waals surface area contributed by atoms with E-state index in [4.69, 9.17) is 0 Å². The van der Waals surface area contributed by atoms with Crippen LogP contribution < -0.4 is 0 Å². The second-order valence-corrected chi connectivity index (χ2v) is 8.97. The zero-order valence-corrected chi connectivity index (χ0v) is 14.2. The molecule has 1 aliphatic rings. The third-order valence-corrected chi connectivity index (χ3v) is 5.29. The van der Waals surface area contributed by atoms with E-state index in [9.17, 15) is 14.1 Å². The Bertz CT molecular complexity index is 569. The van der Waals surface area contributed by atoms with Gasteiger partial charge in [-0.15, -0.1) is 10.3 Å². The SMILES string of the molecule is CC(=O)N1CCCN(C(=O)c2cccc(S(C)(C)O)c2)CC1. The van der Waals surface area contributed by atoms with E-state index in [1.54, 1.807) is 41.4 Å². The van der Waals surface area contributed by atoms with Crippen LogP contribution in [0.25, 0.3) is 0 Å². The van der Waals surface area contributed by atoms with Crippen molar-refractivity contribution in [3.63, 3.8) is 0 Å². The highest BCUT2D eigenvalue weighted by Crippen LogP contribution is 2.44. The van der Waals surface area contributed by atoms with Crippen LogP contribution in [-0.2, 0) is 4.79 Å². The van der Waals surface area contributed by atoms with E-state index >= 15 is 0 Å². The highest BCUT2D eigenvalue weighted by atomic mass is 32.3. The van der Waals surface area contributed by atoms with E-state index in [0.717, 1.165) is 11.3 Å². The van der Waals surface area contributed by atoms with Crippen LogP contribution in [0.5, 0.6) is 0 Å². The van der Waals surface area contributed by atoms with Crippen molar-refractivity contribution in [2.24, 2.45) is 0 Å². The number of hydrogen-bond acceptors (Lipinski definition) is 3. The molecule has 0 aliphatic carbocycles. The Labute approximate surface area is 133 Å². The minimum Gasteiger partial charge on any atom is -0.348 e. The van der Waals surface area contributed by atoms with Crippen molar-refractivity contribution < 1.29 is 14.1 Å². The third-order valence-electron chi connectivity index (χ3n) is 3.89. The summed E-state index contributed by atoms with van der Waals surface area (Å²) in [6.45, 7) is 4.05. The van der Waals surface area contributed by atoms with Crippen molar-refractivity contribution >= 4 is 22.1 Å². The Morgan fingerprint density at radius 2 is 1.73 bits per heavy atom. The van der Waals surface area contributed by atoms with Gasteiger partial charge in [0.15, 0.2) is 0 Å². The van der Waals surface area contributed by atoms with Crippen LogP contribution in [0.3, 0.4) is 0 Å². The van der Waals surface area contributed by atoms with E-state index in [1.165, 1.54) is 0 Å². The zero-order chi connectivity index (χ0) is 16.3. The van der Waals surface area contributed by atoms with Crippen molar-refractivity contribution in [2.45, 2.75) is 18.2 Å². The van der Waals surface area contributed by atoms with Crippen LogP contribution in [0.15, 0.2) is 29.2 Å². The Morgan fingerprint density at radius 1 is 1.09 bits per heavy atom. The quantitative estimate of drug-likeness (QED) is 0.908. The molecular formula is C16H24N2O3S. The van der Waals surface area contributed by atoms with Crippen molar-refractivity contribution in [1.82, 2.24) is 9.80 Å². The van der Waals surface area contributed by atoms with Crippen molar-refractivity contribution in [2.75, 3.05) is 38.7 Å². The van der Waals surface area contributed by atoms with Gasteiger partial charge >= 0.3 is 0 Å². The monoisotopic (exact) mass is 324 g/mol. The average Bonchev–Trinajstić information content (AvgIpc) is 2.71. The topological polar surface area (TPSA) is 60.9 Å². The maximum Gasteiger partial charge on any atom is 0.253 e. The van der Waals surface area contributed by atoms with E-state index in [0.29, 0.717) is 31.7 Å². The molecular weight excluding hydrogens is 300 g/mol. The number of hydrogen-bond donors (Lipinski definition) is 1. The normalized spacial score (nSPS) is 17.1. The number of carbonyl (C=O) groups excluding carboxylic acids is 2. The number of carbonyl (C=O) groups is 2. The van der Waals surface area contributed by atoms with Gasteiger partial charge in [-0.1, -0.05) is 6.07 Å². The van der Waals surface area contributed by atoms with Gasteiger partial charge in [0, 0.05) is 43.6 Å². The lowest BCUT2D eigenvalue weighted by Gasteiger charge is -2.25. The first-order valence-electron chi connectivity index (χ1n) is 7.39. The molecule has 0 radical (unpaired) electrons. The van der Waals surface area contributed by atoms with E-state index in [2.05, 4.69) is 0 Å². The summed E-state index contributed by atoms with van der Waals surface area (Å²) in [5, 5.41) is 0. The lowest BCUT2D eigenvalue weighted by molar-refractivity contribution is -0.128. The molecule has 1 saturated heterocycles. The summed E-state index contributed by atoms with van der Waals surface area (Å²) in [6.07, 6.45) is 4.36. The molecule has 122 valence electrons. The van der Waals surface area contributed by atoms with E-state index in [1.807, 2.05) is 12.1 Å². The van der Waals surface area contributed by atoms with Crippen LogP contribution >= 0.6 is 10.3 Å². The molecule has 2 rings (SSSR count). The fraction of sp³-hybridized carbons (Fsp3) is 0.500. The van der Waals surface area contributed by atoms with E-state index in [-0.39, 0.29) is 11.8 Å². The minimum atomic E-state index is -1.84. The molecule has 6 heteroatoms. The fourth-order valence-electron chi connectivity index (χ4n) is 2.56. The van der Waals surface area contributed by atoms with Crippen molar-refractivity contribution in [3.8, 4) is 0 Å². The Morgan fingerprint density at radius 3 is 2.36 bits per heavy atom. The summed E-state index contributed by atoms with van der Waals surface area (Å²) in [5.74, 6) is 0.0258. The van der Waals surface area contributed by atoms with Crippen LogP contribution in [0, 0.1) is 0 Å². The summed E-state index contributed by atoms with van der Waals surface area (Å²) < 4.78 is 10.2. The van der Waals surface area contributed by atoms with Gasteiger partial charge in [-0.05, 0) is 37.1 Å². The first-order valence-corrected chi connectivity index (χ1v) is 9.80. The molecule has 1 N–H and O–H groups in total. The number of amides is 2. The smallest absolute Gasteiger partial charge is 0.253 e. The van der Waals surface area contributed by atoms with Gasteiger partial charge in [0.1, 0.15) is 0 Å². The van der Waals surface area contributed by atoms with Crippen LogP contribution in [0.2, 0.25) is 0 Å². The summed E-state index contributed by atoms with van der Waals surface area (Å²) in [5.41, 5.74) is 0.600. The number of nitrogens with zero attached hydrogens (tertiary/aromatic N) is 2. The molecule has 1 aliphatic heterocycles. The summed E-state index contributed by atoms with van der Waals surface area (Å²) in [4.78, 5) is 28.5. The molecule has 0 atom stereocenters. The molecule has 1 aromatic rings. The van der Waals surface area contributed by atoms with Gasteiger partial charge in [-0.3, -0.25) is 9.59 Å². The lowest BCUT2D eigenvalue weighted by atomic mass is 10.2. The highest BCUT2D eigenvalue weighted by molar-refractivity contribution is 8.28. The standard InChI is InChI=1S/C16H24N2O3S/c1-13(19)17-8-5-9-18(11-10-17)16(20)14-6-4-7-15(12-14)22(2,3)21/h4,6-7,12,21H,5,8-11H2,1-3H3. The molecule has 1 fully saturated rings. The van der Waals surface area contributed by atoms with Gasteiger partial charge in [-0.25, -0.2) is 0 Å². The van der Waals surface area contributed by atoms with Crippen LogP contribution in [0.4, 0.5) is 0 Å². The van der Waals surface area contributed by atoms with Crippen LogP contribution in [0.1, 0.15) is 23.7 Å². The molecule has 22 heavy (non-hydrogen) atoms. The summed E-state index contributed by atoms with van der Waals surface area (Å²) >= 11 is 0. The molecule has 0 aromatic heterocycles. The second-order valence-electron chi connectivity index (χ2n) is 5.95. The van der Waals surface area contributed by atoms with Gasteiger partial charge in [0.25, 0.3) is 5.91 Å². The second kappa shape index (κ2) is 6.71. The van der Waals surface area contributed by atoms with Gasteiger partial charge in [-0.2, -0.15) is 0 Å². The van der Waals surface area contributed by atoms with Crippen molar-refractivity contribution in [1.29, 1.82) is 0 Å². The average molecular weight is 324 g/mol. The number of benzene rings is 1. The molecule has 0 bridgehead atoms. The van der Waals surface area contributed by atoms with E-state index < -0.39 is 10.3 Å². The minimum absolute atomic E-state index is 0.0316. The summed E-state index contributed by atoms with van der Waals surface area (Å²) in [6, 6.07) is 7.23. The fourth-order valence-corrected chi connectivity index (χ4v) is 3.38. The molecule has 2 amide bonds. The Balaban J connectivity index is 2.13. The zero-order valence-electron chi connectivity index (χ0n) is 13.4. The molecule has 1 heterocycles. The van der Waals surface area contributed by atoms with Crippen LogP contribution in [-0.4, -0.2) is 64.9 Å². The largest absolute Gasteiger partial charge is 0.348 e. The molecule has 0 spiro atoms. The Hall–Kier alpha value is -1.53. The molecule has 1 aromatic carbocycles. The number of rotatable bonds is 2. The van der Waals surface area contributed by atoms with Crippen molar-refractivity contribution in [3.05, 3.63) is 29.8 Å². The predicted octanol–water partition coefficient (Wildman–Crippen LogP) is 2.28. The summed E-state index contributed by atoms with van der Waals surface area (Å²) in [7, 11) is -1.84. The molecule has 5 nitrogen and oxygen atoms in total. The maximum atomic E-state index is 12.7. The maximum absolute atomic E-state index is 12.7. The molecule has 0 unspecified atom stereocenters. The first kappa shape index (κ1) is 16.8. The van der Waals surface area contributed by atoms with Gasteiger partial charge in [0.05, 0.1) is 0 Å². The first-order chi connectivity index (χ1) is 10.3. The third kappa shape index (κ3) is 4.01. The highest BCUT2D eigenvalue weighted by Gasteiger charge is 2.22. The lowest BCUT2D eigenvalue weighted by Crippen LogP contribution is -2.36.